The van der Waals surface area contributed by atoms with E-state index < -0.39 is 11.7 Å². The maximum atomic E-state index is 13.0. The minimum Gasteiger partial charge on any atom is -0.389 e. The van der Waals surface area contributed by atoms with Crippen molar-refractivity contribution in [3.8, 4) is 0 Å². The van der Waals surface area contributed by atoms with Gasteiger partial charge in [-0.15, -0.1) is 0 Å². The van der Waals surface area contributed by atoms with E-state index >= 15 is 0 Å². The van der Waals surface area contributed by atoms with Crippen LogP contribution in [0, 0.1) is 0 Å². The standard InChI is InChI=1S/C15H21F3N2S/c1-3-4-5-6-10(2)20-11-7-8-12(14(19)21)13(9-11)15(16,17)18/h7-10,20H,3-6H2,1-2H3,(H2,19,21). The van der Waals surface area contributed by atoms with Gasteiger partial charge in [0.2, 0.25) is 0 Å². The van der Waals surface area contributed by atoms with E-state index in [1.807, 2.05) is 6.92 Å². The average Bonchev–Trinajstić information content (AvgIpc) is 2.37. The van der Waals surface area contributed by atoms with Gasteiger partial charge in [0, 0.05) is 17.3 Å². The molecule has 0 fully saturated rings. The number of benzene rings is 1. The molecule has 0 heterocycles. The summed E-state index contributed by atoms with van der Waals surface area (Å²) in [5, 5.41) is 3.10. The highest BCUT2D eigenvalue weighted by Crippen LogP contribution is 2.34. The highest BCUT2D eigenvalue weighted by atomic mass is 32.1. The molecule has 6 heteroatoms. The molecular formula is C15H21F3N2S. The maximum absolute atomic E-state index is 13.0. The van der Waals surface area contributed by atoms with Crippen LogP contribution in [0.5, 0.6) is 0 Å². The van der Waals surface area contributed by atoms with Crippen LogP contribution in [0.3, 0.4) is 0 Å². The van der Waals surface area contributed by atoms with Crippen LogP contribution >= 0.6 is 12.2 Å². The van der Waals surface area contributed by atoms with Crippen molar-refractivity contribution in [2.45, 2.75) is 51.7 Å². The molecule has 0 bridgehead atoms. The molecule has 0 saturated carbocycles. The van der Waals surface area contributed by atoms with Crippen molar-refractivity contribution in [3.05, 3.63) is 29.3 Å². The van der Waals surface area contributed by atoms with Crippen LogP contribution in [0.2, 0.25) is 0 Å². The SMILES string of the molecule is CCCCCC(C)Nc1ccc(C(N)=S)c(C(F)(F)F)c1. The van der Waals surface area contributed by atoms with E-state index in [-0.39, 0.29) is 16.6 Å². The third kappa shape index (κ3) is 5.53. The van der Waals surface area contributed by atoms with Crippen LogP contribution in [0.25, 0.3) is 0 Å². The smallest absolute Gasteiger partial charge is 0.389 e. The molecule has 1 aromatic carbocycles. The van der Waals surface area contributed by atoms with Crippen molar-refractivity contribution < 1.29 is 13.2 Å². The number of hydrogen-bond donors (Lipinski definition) is 2. The molecule has 1 unspecified atom stereocenters. The predicted octanol–water partition coefficient (Wildman–Crippen LogP) is 4.72. The Hall–Kier alpha value is -1.30. The quantitative estimate of drug-likeness (QED) is 0.564. The summed E-state index contributed by atoms with van der Waals surface area (Å²) in [6, 6.07) is 4.10. The summed E-state index contributed by atoms with van der Waals surface area (Å²) < 4.78 is 39.1. The Morgan fingerprint density at radius 1 is 1.33 bits per heavy atom. The van der Waals surface area contributed by atoms with Gasteiger partial charge in [-0.25, -0.2) is 0 Å². The zero-order chi connectivity index (χ0) is 16.0. The highest BCUT2D eigenvalue weighted by Gasteiger charge is 2.34. The topological polar surface area (TPSA) is 38.0 Å². The Labute approximate surface area is 128 Å². The van der Waals surface area contributed by atoms with Gasteiger partial charge >= 0.3 is 6.18 Å². The first kappa shape index (κ1) is 17.8. The van der Waals surface area contributed by atoms with E-state index in [0.29, 0.717) is 5.69 Å². The molecule has 1 aromatic rings. The summed E-state index contributed by atoms with van der Waals surface area (Å²) in [6.45, 7) is 4.08. The Bertz CT molecular complexity index is 486. The Balaban J connectivity index is 2.88. The molecule has 0 amide bonds. The maximum Gasteiger partial charge on any atom is 0.417 e. The Morgan fingerprint density at radius 2 is 2.00 bits per heavy atom. The number of anilines is 1. The third-order valence-electron chi connectivity index (χ3n) is 3.24. The van der Waals surface area contributed by atoms with Crippen molar-refractivity contribution >= 4 is 22.9 Å². The second kappa shape index (κ2) is 7.64. The molecule has 118 valence electrons. The summed E-state index contributed by atoms with van der Waals surface area (Å²) in [4.78, 5) is -0.245. The minimum absolute atomic E-state index is 0.119. The fraction of sp³-hybridized carbons (Fsp3) is 0.533. The molecule has 0 aliphatic rings. The lowest BCUT2D eigenvalue weighted by Gasteiger charge is -2.18. The van der Waals surface area contributed by atoms with E-state index in [2.05, 4.69) is 24.5 Å². The zero-order valence-corrected chi connectivity index (χ0v) is 13.1. The summed E-state index contributed by atoms with van der Waals surface area (Å²) in [5.41, 5.74) is 4.86. The first-order chi connectivity index (χ1) is 9.75. The molecule has 0 aliphatic heterocycles. The second-order valence-corrected chi connectivity index (χ2v) is 5.60. The van der Waals surface area contributed by atoms with Gasteiger partial charge in [-0.2, -0.15) is 13.2 Å². The van der Waals surface area contributed by atoms with E-state index in [1.165, 1.54) is 6.07 Å². The lowest BCUT2D eigenvalue weighted by Crippen LogP contribution is -2.20. The average molecular weight is 318 g/mol. The molecule has 21 heavy (non-hydrogen) atoms. The Kier molecular flexibility index (Phi) is 6.45. The zero-order valence-electron chi connectivity index (χ0n) is 12.3. The lowest BCUT2D eigenvalue weighted by atomic mass is 10.0. The third-order valence-corrected chi connectivity index (χ3v) is 3.46. The van der Waals surface area contributed by atoms with Gasteiger partial charge in [-0.3, -0.25) is 0 Å². The molecule has 0 spiro atoms. The number of unbranched alkanes of at least 4 members (excludes halogenated alkanes) is 2. The van der Waals surface area contributed by atoms with Crippen molar-refractivity contribution in [1.29, 1.82) is 0 Å². The molecule has 1 atom stereocenters. The number of hydrogen-bond acceptors (Lipinski definition) is 2. The Morgan fingerprint density at radius 3 is 2.52 bits per heavy atom. The summed E-state index contributed by atoms with van der Waals surface area (Å²) in [5.74, 6) is 0. The molecule has 0 radical (unpaired) electrons. The van der Waals surface area contributed by atoms with Gasteiger partial charge in [0.05, 0.1) is 5.56 Å². The van der Waals surface area contributed by atoms with Crippen LogP contribution in [0.15, 0.2) is 18.2 Å². The first-order valence-electron chi connectivity index (χ1n) is 7.03. The van der Waals surface area contributed by atoms with Gasteiger partial charge in [0.1, 0.15) is 4.99 Å². The first-order valence-corrected chi connectivity index (χ1v) is 7.44. The fourth-order valence-corrected chi connectivity index (χ4v) is 2.32. The van der Waals surface area contributed by atoms with Gasteiger partial charge in [0.25, 0.3) is 0 Å². The number of rotatable bonds is 7. The number of alkyl halides is 3. The van der Waals surface area contributed by atoms with E-state index in [0.717, 1.165) is 31.7 Å². The predicted molar refractivity (Wildman–Crippen MR) is 84.6 cm³/mol. The normalized spacial score (nSPS) is 13.0. The van der Waals surface area contributed by atoms with E-state index in [4.69, 9.17) is 5.73 Å². The molecular weight excluding hydrogens is 297 g/mol. The van der Waals surface area contributed by atoms with Gasteiger partial charge in [0.15, 0.2) is 0 Å². The summed E-state index contributed by atoms with van der Waals surface area (Å²) >= 11 is 4.68. The van der Waals surface area contributed by atoms with Gasteiger partial charge in [-0.05, 0) is 31.5 Å². The van der Waals surface area contributed by atoms with Crippen LogP contribution in [-0.2, 0) is 6.18 Å². The van der Waals surface area contributed by atoms with Crippen molar-refractivity contribution in [2.75, 3.05) is 5.32 Å². The summed E-state index contributed by atoms with van der Waals surface area (Å²) in [7, 11) is 0. The number of nitrogens with one attached hydrogen (secondary N) is 1. The largest absolute Gasteiger partial charge is 0.417 e. The van der Waals surface area contributed by atoms with Crippen LogP contribution in [0.1, 0.15) is 50.7 Å². The molecule has 0 saturated heterocycles. The van der Waals surface area contributed by atoms with Crippen LogP contribution < -0.4 is 11.1 Å². The number of nitrogens with two attached hydrogens (primary N) is 1. The van der Waals surface area contributed by atoms with Gasteiger partial charge in [-0.1, -0.05) is 38.4 Å². The van der Waals surface area contributed by atoms with E-state index in [9.17, 15) is 13.2 Å². The summed E-state index contributed by atoms with van der Waals surface area (Å²) in [6.07, 6.45) is -0.246. The van der Waals surface area contributed by atoms with Crippen LogP contribution in [0.4, 0.5) is 18.9 Å². The van der Waals surface area contributed by atoms with Gasteiger partial charge < -0.3 is 11.1 Å². The fourth-order valence-electron chi connectivity index (χ4n) is 2.14. The van der Waals surface area contributed by atoms with Crippen molar-refractivity contribution in [3.63, 3.8) is 0 Å². The number of halogens is 3. The highest BCUT2D eigenvalue weighted by molar-refractivity contribution is 7.80. The minimum atomic E-state index is -4.47. The molecule has 0 aliphatic carbocycles. The second-order valence-electron chi connectivity index (χ2n) is 5.16. The van der Waals surface area contributed by atoms with Crippen LogP contribution in [-0.4, -0.2) is 11.0 Å². The molecule has 0 aromatic heterocycles. The molecule has 2 nitrogen and oxygen atoms in total. The molecule has 1 rings (SSSR count). The van der Waals surface area contributed by atoms with Crippen molar-refractivity contribution in [2.24, 2.45) is 5.73 Å². The monoisotopic (exact) mass is 318 g/mol. The molecule has 3 N–H and O–H groups in total. The number of thiocarbonyl (C=S) groups is 1. The lowest BCUT2D eigenvalue weighted by molar-refractivity contribution is -0.137. The van der Waals surface area contributed by atoms with E-state index in [1.54, 1.807) is 6.07 Å². The van der Waals surface area contributed by atoms with Crippen molar-refractivity contribution in [1.82, 2.24) is 0 Å².